The molecule has 9 aromatic carbocycles. The Hall–Kier alpha value is -5.92. The second-order valence-corrected chi connectivity index (χ2v) is 11.7. The van der Waals surface area contributed by atoms with Crippen molar-refractivity contribution in [3.05, 3.63) is 176 Å². The number of fused-ring (bicyclic) bond motifs is 8. The summed E-state index contributed by atoms with van der Waals surface area (Å²) in [6.45, 7) is 0. The molecule has 1 heteroatoms. The number of anilines is 3. The summed E-state index contributed by atoms with van der Waals surface area (Å²) in [4.78, 5) is 2.42. The van der Waals surface area contributed by atoms with Crippen molar-refractivity contribution < 1.29 is 0 Å². The minimum atomic E-state index is 1.12. The van der Waals surface area contributed by atoms with Gasteiger partial charge in [-0.15, -0.1) is 0 Å². The van der Waals surface area contributed by atoms with Crippen LogP contribution in [0.15, 0.2) is 176 Å². The second-order valence-electron chi connectivity index (χ2n) is 11.7. The van der Waals surface area contributed by atoms with E-state index < -0.39 is 0 Å². The SMILES string of the molecule is c1ccc2c(-c3ccc(N(c4ccc5c6ccccc6c6ccccc6c5c4)c4cccc5ccccc45)cc3)cccc2c1. The Morgan fingerprint density at radius 1 is 0.289 bits per heavy atom. The maximum atomic E-state index is 2.42. The fourth-order valence-electron chi connectivity index (χ4n) is 7.13. The zero-order chi connectivity index (χ0) is 29.7. The Kier molecular flexibility index (Phi) is 5.89. The van der Waals surface area contributed by atoms with Gasteiger partial charge in [-0.25, -0.2) is 0 Å². The van der Waals surface area contributed by atoms with Gasteiger partial charge in [0.15, 0.2) is 0 Å². The number of rotatable bonds is 4. The fourth-order valence-corrected chi connectivity index (χ4v) is 7.13. The van der Waals surface area contributed by atoms with Crippen LogP contribution in [0.5, 0.6) is 0 Å². The van der Waals surface area contributed by atoms with Gasteiger partial charge in [-0.05, 0) is 89.9 Å². The van der Waals surface area contributed by atoms with Gasteiger partial charge in [0.05, 0.1) is 5.69 Å². The molecular weight excluding hydrogens is 542 g/mol. The number of hydrogen-bond donors (Lipinski definition) is 0. The van der Waals surface area contributed by atoms with Gasteiger partial charge in [0.25, 0.3) is 0 Å². The van der Waals surface area contributed by atoms with Gasteiger partial charge in [0.2, 0.25) is 0 Å². The van der Waals surface area contributed by atoms with E-state index in [0.717, 1.165) is 17.1 Å². The molecule has 0 heterocycles. The van der Waals surface area contributed by atoms with E-state index in [4.69, 9.17) is 0 Å². The minimum absolute atomic E-state index is 1.12. The average Bonchev–Trinajstić information content (AvgIpc) is 3.12. The molecule has 0 saturated carbocycles. The molecule has 0 aliphatic carbocycles. The van der Waals surface area contributed by atoms with Crippen molar-refractivity contribution in [2.45, 2.75) is 0 Å². The van der Waals surface area contributed by atoms with Crippen LogP contribution in [0, 0.1) is 0 Å². The summed E-state index contributed by atoms with van der Waals surface area (Å²) in [6, 6.07) is 64.0. The third-order valence-electron chi connectivity index (χ3n) is 9.22. The Bertz CT molecular complexity index is 2500. The molecule has 0 radical (unpaired) electrons. The van der Waals surface area contributed by atoms with Gasteiger partial charge in [-0.2, -0.15) is 0 Å². The smallest absolute Gasteiger partial charge is 0.0540 e. The van der Waals surface area contributed by atoms with Crippen LogP contribution in [-0.4, -0.2) is 0 Å². The highest BCUT2D eigenvalue weighted by Crippen LogP contribution is 2.43. The van der Waals surface area contributed by atoms with Crippen LogP contribution < -0.4 is 4.90 Å². The van der Waals surface area contributed by atoms with E-state index >= 15 is 0 Å². The van der Waals surface area contributed by atoms with Crippen LogP contribution in [0.1, 0.15) is 0 Å². The van der Waals surface area contributed by atoms with Gasteiger partial charge in [0.1, 0.15) is 0 Å². The molecule has 0 bridgehead atoms. The van der Waals surface area contributed by atoms with Crippen molar-refractivity contribution in [1.29, 1.82) is 0 Å². The number of nitrogens with zero attached hydrogens (tertiary/aromatic N) is 1. The van der Waals surface area contributed by atoms with Crippen LogP contribution in [0.2, 0.25) is 0 Å². The van der Waals surface area contributed by atoms with Crippen molar-refractivity contribution in [1.82, 2.24) is 0 Å². The zero-order valence-electron chi connectivity index (χ0n) is 24.7. The van der Waals surface area contributed by atoms with Crippen molar-refractivity contribution in [2.75, 3.05) is 4.90 Å². The van der Waals surface area contributed by atoms with E-state index in [1.54, 1.807) is 0 Å². The van der Waals surface area contributed by atoms with E-state index in [9.17, 15) is 0 Å². The summed E-state index contributed by atoms with van der Waals surface area (Å²) >= 11 is 0. The first-order chi connectivity index (χ1) is 22.3. The van der Waals surface area contributed by atoms with E-state index in [1.165, 1.54) is 65.0 Å². The molecule has 0 aliphatic rings. The Morgan fingerprint density at radius 2 is 0.756 bits per heavy atom. The van der Waals surface area contributed by atoms with Crippen LogP contribution in [0.4, 0.5) is 17.1 Å². The maximum absolute atomic E-state index is 2.42. The molecule has 0 saturated heterocycles. The Balaban J connectivity index is 1.28. The molecule has 9 aromatic rings. The molecule has 0 amide bonds. The first-order valence-electron chi connectivity index (χ1n) is 15.5. The van der Waals surface area contributed by atoms with Gasteiger partial charge in [-0.1, -0.05) is 146 Å². The summed E-state index contributed by atoms with van der Waals surface area (Å²) in [7, 11) is 0. The van der Waals surface area contributed by atoms with Gasteiger partial charge in [0, 0.05) is 16.8 Å². The molecule has 0 spiro atoms. The monoisotopic (exact) mass is 571 g/mol. The summed E-state index contributed by atoms with van der Waals surface area (Å²) in [5, 5.41) is 12.7. The molecule has 45 heavy (non-hydrogen) atoms. The summed E-state index contributed by atoms with van der Waals surface area (Å²) in [6.07, 6.45) is 0. The molecule has 0 fully saturated rings. The van der Waals surface area contributed by atoms with E-state index in [-0.39, 0.29) is 0 Å². The zero-order valence-corrected chi connectivity index (χ0v) is 24.7. The number of benzene rings is 9. The highest BCUT2D eigenvalue weighted by Gasteiger charge is 2.18. The lowest BCUT2D eigenvalue weighted by Crippen LogP contribution is -2.10. The standard InChI is InChI=1S/C44H29N/c1-3-15-35-30(11-1)13-9-21-36(35)32-23-25-33(26-24-32)45(44-22-10-14-31-12-2-4-16-37(31)44)34-27-28-42-40-19-6-5-17-38(40)39-18-7-8-20-41(39)43(42)29-34/h1-29H. The highest BCUT2D eigenvalue weighted by molar-refractivity contribution is 6.25. The molecular formula is C44H29N. The average molecular weight is 572 g/mol. The van der Waals surface area contributed by atoms with Crippen molar-refractivity contribution in [3.8, 4) is 11.1 Å². The third kappa shape index (κ3) is 4.17. The summed E-state index contributed by atoms with van der Waals surface area (Å²) in [5.74, 6) is 0. The van der Waals surface area contributed by atoms with Crippen LogP contribution in [0.3, 0.4) is 0 Å². The number of hydrogen-bond acceptors (Lipinski definition) is 1. The topological polar surface area (TPSA) is 3.24 Å². The quantitative estimate of drug-likeness (QED) is 0.190. The molecule has 0 aromatic heterocycles. The predicted molar refractivity (Wildman–Crippen MR) is 194 cm³/mol. The largest absolute Gasteiger partial charge is 0.310 e. The third-order valence-corrected chi connectivity index (χ3v) is 9.22. The van der Waals surface area contributed by atoms with Crippen molar-refractivity contribution in [3.63, 3.8) is 0 Å². The van der Waals surface area contributed by atoms with Gasteiger partial charge >= 0.3 is 0 Å². The molecule has 210 valence electrons. The maximum Gasteiger partial charge on any atom is 0.0540 e. The Labute approximate surface area is 262 Å². The van der Waals surface area contributed by atoms with E-state index in [2.05, 4.69) is 181 Å². The molecule has 0 atom stereocenters. The summed E-state index contributed by atoms with van der Waals surface area (Å²) < 4.78 is 0. The van der Waals surface area contributed by atoms with E-state index in [0.29, 0.717) is 0 Å². The van der Waals surface area contributed by atoms with E-state index in [1.807, 2.05) is 0 Å². The van der Waals surface area contributed by atoms with Gasteiger partial charge < -0.3 is 4.90 Å². The lowest BCUT2D eigenvalue weighted by Gasteiger charge is -2.28. The predicted octanol–water partition coefficient (Wildman–Crippen LogP) is 12.6. The first kappa shape index (κ1) is 25.6. The van der Waals surface area contributed by atoms with Crippen molar-refractivity contribution >= 4 is 70.9 Å². The van der Waals surface area contributed by atoms with Crippen LogP contribution in [0.25, 0.3) is 65.0 Å². The van der Waals surface area contributed by atoms with Gasteiger partial charge in [-0.3, -0.25) is 0 Å². The molecule has 1 nitrogen and oxygen atoms in total. The van der Waals surface area contributed by atoms with Crippen molar-refractivity contribution in [2.24, 2.45) is 0 Å². The molecule has 0 aliphatic heterocycles. The minimum Gasteiger partial charge on any atom is -0.310 e. The lowest BCUT2D eigenvalue weighted by atomic mass is 9.93. The molecule has 0 unspecified atom stereocenters. The molecule has 0 N–H and O–H groups in total. The molecule has 9 rings (SSSR count). The highest BCUT2D eigenvalue weighted by atomic mass is 15.1. The van der Waals surface area contributed by atoms with Crippen LogP contribution in [-0.2, 0) is 0 Å². The normalized spacial score (nSPS) is 11.6. The summed E-state index contributed by atoms with van der Waals surface area (Å²) in [5.41, 5.74) is 5.89. The lowest BCUT2D eigenvalue weighted by molar-refractivity contribution is 1.30. The van der Waals surface area contributed by atoms with Crippen LogP contribution >= 0.6 is 0 Å². The first-order valence-corrected chi connectivity index (χ1v) is 15.5. The second kappa shape index (κ2) is 10.4. The Morgan fingerprint density at radius 3 is 1.42 bits per heavy atom. The fraction of sp³-hybridized carbons (Fsp3) is 0.